The van der Waals surface area contributed by atoms with Crippen LogP contribution in [0.1, 0.15) is 57.4 Å². The molecule has 0 spiro atoms. The number of unbranched alkanes of at least 4 members (excludes halogenated alkanes) is 1. The number of nitrogens with one attached hydrogen (secondary N) is 2. The number of hydrogen-bond donors (Lipinski definition) is 3. The second-order valence-corrected chi connectivity index (χ2v) is 14.1. The summed E-state index contributed by atoms with van der Waals surface area (Å²) >= 11 is 0. The molecule has 0 bridgehead atoms. The van der Waals surface area contributed by atoms with E-state index in [1.54, 1.807) is 44.5 Å². The highest BCUT2D eigenvalue weighted by Crippen LogP contribution is 2.45. The molecular weight excluding hydrogens is 745 g/mol. The summed E-state index contributed by atoms with van der Waals surface area (Å²) in [6.45, 7) is 3.17. The van der Waals surface area contributed by atoms with Crippen molar-refractivity contribution in [2.75, 3.05) is 54.2 Å². The molecule has 0 fully saturated rings. The molecule has 2 amide bonds. The highest BCUT2D eigenvalue weighted by molar-refractivity contribution is 5.97. The Balaban J connectivity index is 0.888. The summed E-state index contributed by atoms with van der Waals surface area (Å²) in [5.74, 6) is 1.34. The number of phenols is 1. The van der Waals surface area contributed by atoms with Gasteiger partial charge in [0.2, 0.25) is 6.79 Å². The van der Waals surface area contributed by atoms with Crippen molar-refractivity contribution in [2.24, 2.45) is 10.2 Å². The van der Waals surface area contributed by atoms with Crippen LogP contribution in [0.2, 0.25) is 0 Å². The second kappa shape index (κ2) is 18.1. The topological polar surface area (TPSA) is 173 Å². The lowest BCUT2D eigenvalue weighted by Gasteiger charge is -2.37. The molecule has 3 N–H and O–H groups in total. The SMILES string of the molecule is CNCCN(C)C(=O)OCc1ccc(N=Nc2ccc(O)c(C(=O)NCCCCC(=O)Oc3c(OC)ccc4c3CN3CCc5cc6c(cc5C3=C4)OCO6)c2)cc1. The van der Waals surface area contributed by atoms with Crippen molar-refractivity contribution in [2.45, 2.75) is 38.8 Å². The van der Waals surface area contributed by atoms with Gasteiger partial charge in [0.05, 0.1) is 24.0 Å². The molecule has 3 aliphatic rings. The Kier molecular flexibility index (Phi) is 12.4. The number of fused-ring (bicyclic) bond motifs is 5. The highest BCUT2D eigenvalue weighted by atomic mass is 16.7. The molecule has 0 radical (unpaired) electrons. The van der Waals surface area contributed by atoms with Gasteiger partial charge in [-0.2, -0.15) is 10.2 Å². The van der Waals surface area contributed by atoms with Gasteiger partial charge in [0.25, 0.3) is 5.91 Å². The summed E-state index contributed by atoms with van der Waals surface area (Å²) in [6.07, 6.45) is 3.66. The molecular formula is C43H46N6O9. The number of carbonyl (C=O) groups excluding carboxylic acids is 3. The average molecular weight is 791 g/mol. The van der Waals surface area contributed by atoms with Crippen LogP contribution in [-0.2, 0) is 29.1 Å². The Labute approximate surface area is 336 Å². The van der Waals surface area contributed by atoms with E-state index in [4.69, 9.17) is 23.7 Å². The molecule has 3 heterocycles. The number of methoxy groups -OCH3 is 1. The predicted octanol–water partition coefficient (Wildman–Crippen LogP) is 6.71. The molecule has 302 valence electrons. The van der Waals surface area contributed by atoms with Crippen molar-refractivity contribution in [3.05, 3.63) is 100 Å². The normalized spacial score (nSPS) is 13.6. The Morgan fingerprint density at radius 2 is 1.72 bits per heavy atom. The summed E-state index contributed by atoms with van der Waals surface area (Å²) in [6, 6.07) is 19.3. The molecule has 0 saturated heterocycles. The Morgan fingerprint density at radius 1 is 0.948 bits per heavy atom. The van der Waals surface area contributed by atoms with Crippen LogP contribution < -0.4 is 29.6 Å². The number of amides is 2. The standard InChI is InChI=1S/C43H46N6O9/c1-44-17-19-48(2)43(53)55-25-27-7-10-30(11-8-27)46-47-31-12-13-36(50)33(22-31)42(52)45-16-5-4-6-40(51)58-41-34-24-49-18-15-29-21-38-39(57-26-56-38)23-32(29)35(49)20-28(34)9-14-37(41)54-3/h7-14,20-23,44,50H,4-6,15-19,24-26H2,1-3H3,(H,45,52). The number of azo groups is 1. The molecule has 15 heteroatoms. The Morgan fingerprint density at radius 3 is 2.52 bits per heavy atom. The van der Waals surface area contributed by atoms with E-state index in [2.05, 4.69) is 37.9 Å². The van der Waals surface area contributed by atoms with Gasteiger partial charge in [-0.05, 0) is 97.6 Å². The van der Waals surface area contributed by atoms with Gasteiger partial charge in [0.15, 0.2) is 23.0 Å². The Hall–Kier alpha value is -6.61. The second-order valence-electron chi connectivity index (χ2n) is 14.1. The lowest BCUT2D eigenvalue weighted by molar-refractivity contribution is -0.134. The van der Waals surface area contributed by atoms with Crippen LogP contribution in [0.5, 0.6) is 28.7 Å². The molecule has 0 unspecified atom stereocenters. The van der Waals surface area contributed by atoms with E-state index in [1.807, 2.05) is 25.2 Å². The summed E-state index contributed by atoms with van der Waals surface area (Å²) in [4.78, 5) is 42.0. The van der Waals surface area contributed by atoms with Gasteiger partial charge >= 0.3 is 12.1 Å². The van der Waals surface area contributed by atoms with E-state index in [9.17, 15) is 19.5 Å². The van der Waals surface area contributed by atoms with Crippen LogP contribution in [-0.4, -0.2) is 87.1 Å². The molecule has 0 saturated carbocycles. The molecule has 15 nitrogen and oxygen atoms in total. The van der Waals surface area contributed by atoms with Crippen molar-refractivity contribution >= 4 is 41.1 Å². The maximum atomic E-state index is 13.1. The van der Waals surface area contributed by atoms with E-state index in [-0.39, 0.29) is 37.7 Å². The number of phenolic OH excluding ortho intramolecular Hbond substituents is 1. The minimum atomic E-state index is -0.480. The molecule has 0 aliphatic carbocycles. The summed E-state index contributed by atoms with van der Waals surface area (Å²) in [5.41, 5.74) is 7.01. The number of benzene rings is 4. The van der Waals surface area contributed by atoms with Crippen LogP contribution in [0.25, 0.3) is 11.8 Å². The third-order valence-electron chi connectivity index (χ3n) is 10.1. The maximum Gasteiger partial charge on any atom is 0.409 e. The molecule has 58 heavy (non-hydrogen) atoms. The van der Waals surface area contributed by atoms with Gasteiger partial charge in [0, 0.05) is 63.0 Å². The highest BCUT2D eigenvalue weighted by Gasteiger charge is 2.31. The van der Waals surface area contributed by atoms with Crippen LogP contribution >= 0.6 is 0 Å². The van der Waals surface area contributed by atoms with E-state index in [1.165, 1.54) is 22.6 Å². The number of hydrogen-bond acceptors (Lipinski definition) is 13. The van der Waals surface area contributed by atoms with E-state index in [0.717, 1.165) is 52.4 Å². The number of aromatic hydroxyl groups is 1. The van der Waals surface area contributed by atoms with Gasteiger partial charge in [-0.15, -0.1) is 0 Å². The van der Waals surface area contributed by atoms with Gasteiger partial charge in [-0.1, -0.05) is 18.2 Å². The first-order valence-corrected chi connectivity index (χ1v) is 19.1. The molecule has 4 aromatic rings. The lowest BCUT2D eigenvalue weighted by Crippen LogP contribution is -2.33. The zero-order chi connectivity index (χ0) is 40.6. The molecule has 0 aromatic heterocycles. The van der Waals surface area contributed by atoms with Crippen molar-refractivity contribution in [1.29, 1.82) is 0 Å². The van der Waals surface area contributed by atoms with Crippen LogP contribution in [0.3, 0.4) is 0 Å². The molecule has 7 rings (SSSR count). The van der Waals surface area contributed by atoms with Gasteiger partial charge in [0.1, 0.15) is 12.4 Å². The van der Waals surface area contributed by atoms with Crippen LogP contribution in [0, 0.1) is 0 Å². The van der Waals surface area contributed by atoms with Crippen molar-refractivity contribution in [3.63, 3.8) is 0 Å². The molecule has 0 atom stereocenters. The van der Waals surface area contributed by atoms with Gasteiger partial charge < -0.3 is 49.2 Å². The fourth-order valence-corrected chi connectivity index (χ4v) is 6.86. The van der Waals surface area contributed by atoms with E-state index < -0.39 is 18.0 Å². The van der Waals surface area contributed by atoms with Gasteiger partial charge in [-0.3, -0.25) is 9.59 Å². The zero-order valence-corrected chi connectivity index (χ0v) is 32.7. The smallest absolute Gasteiger partial charge is 0.409 e. The van der Waals surface area contributed by atoms with Crippen molar-refractivity contribution in [3.8, 4) is 28.7 Å². The predicted molar refractivity (Wildman–Crippen MR) is 215 cm³/mol. The summed E-state index contributed by atoms with van der Waals surface area (Å²) in [7, 11) is 5.05. The van der Waals surface area contributed by atoms with Crippen molar-refractivity contribution in [1.82, 2.24) is 20.4 Å². The zero-order valence-electron chi connectivity index (χ0n) is 32.7. The monoisotopic (exact) mass is 790 g/mol. The number of nitrogens with zero attached hydrogens (tertiary/aromatic N) is 4. The van der Waals surface area contributed by atoms with Gasteiger partial charge in [-0.25, -0.2) is 4.79 Å². The molecule has 4 aromatic carbocycles. The third kappa shape index (κ3) is 9.16. The van der Waals surface area contributed by atoms with Crippen LogP contribution in [0.15, 0.2) is 77.0 Å². The quantitative estimate of drug-likeness (QED) is 0.0506. The summed E-state index contributed by atoms with van der Waals surface area (Å²) < 4.78 is 28.1. The summed E-state index contributed by atoms with van der Waals surface area (Å²) in [5, 5.41) is 24.6. The maximum absolute atomic E-state index is 13.1. The largest absolute Gasteiger partial charge is 0.507 e. The first kappa shape index (κ1) is 39.6. The number of carbonyl (C=O) groups is 3. The number of esters is 1. The minimum Gasteiger partial charge on any atom is -0.507 e. The number of rotatable bonds is 15. The number of ether oxygens (including phenoxy) is 5. The van der Waals surface area contributed by atoms with Crippen LogP contribution in [0.4, 0.5) is 16.2 Å². The van der Waals surface area contributed by atoms with E-state index >= 15 is 0 Å². The molecule has 3 aliphatic heterocycles. The fraction of sp³-hybridized carbons (Fsp3) is 0.326. The lowest BCUT2D eigenvalue weighted by atomic mass is 9.90. The third-order valence-corrected chi connectivity index (χ3v) is 10.1. The first-order chi connectivity index (χ1) is 28.2. The average Bonchev–Trinajstić information content (AvgIpc) is 3.71. The van der Waals surface area contributed by atoms with E-state index in [0.29, 0.717) is 55.3 Å². The number of likely N-dealkylation sites (N-methyl/N-ethyl adjacent to an activating group) is 2. The Bertz CT molecular complexity index is 2240. The minimum absolute atomic E-state index is 0.0503. The first-order valence-electron chi connectivity index (χ1n) is 19.1. The van der Waals surface area contributed by atoms with Crippen molar-refractivity contribution < 1.29 is 43.2 Å². The fourth-order valence-electron chi connectivity index (χ4n) is 6.86.